The number of nitrogens with two attached hydrogens (primary N) is 1. The number of hydrogen-bond acceptors (Lipinski definition) is 1. The van der Waals surface area contributed by atoms with Crippen LogP contribution in [0.25, 0.3) is 0 Å². The van der Waals surface area contributed by atoms with Gasteiger partial charge in [-0.15, -0.1) is 0 Å². The summed E-state index contributed by atoms with van der Waals surface area (Å²) in [5.74, 6) is 1.51. The van der Waals surface area contributed by atoms with Crippen molar-refractivity contribution in [2.45, 2.75) is 72.3 Å². The van der Waals surface area contributed by atoms with Crippen molar-refractivity contribution in [2.24, 2.45) is 23.0 Å². The normalized spacial score (nSPS) is 27.1. The SMILES string of the molecule is CC(C)Cc1cccc(C2(N)CCC(C(C)(C)C)CC2)c1. The molecule has 0 heterocycles. The minimum absolute atomic E-state index is 0.102. The monoisotopic (exact) mass is 287 g/mol. The predicted molar refractivity (Wildman–Crippen MR) is 92.3 cm³/mol. The van der Waals surface area contributed by atoms with Crippen LogP contribution in [0.5, 0.6) is 0 Å². The predicted octanol–water partition coefficient (Wildman–Crippen LogP) is 5.28. The van der Waals surface area contributed by atoms with E-state index in [1.807, 2.05) is 0 Å². The van der Waals surface area contributed by atoms with Crippen LogP contribution >= 0.6 is 0 Å². The first-order chi connectivity index (χ1) is 9.71. The van der Waals surface area contributed by atoms with Gasteiger partial charge in [-0.3, -0.25) is 0 Å². The van der Waals surface area contributed by atoms with Gasteiger partial charge in [-0.1, -0.05) is 58.9 Å². The summed E-state index contributed by atoms with van der Waals surface area (Å²) in [4.78, 5) is 0. The molecule has 1 heteroatoms. The first kappa shape index (κ1) is 16.5. The summed E-state index contributed by atoms with van der Waals surface area (Å²) in [7, 11) is 0. The van der Waals surface area contributed by atoms with Gasteiger partial charge >= 0.3 is 0 Å². The van der Waals surface area contributed by atoms with Gasteiger partial charge in [0.05, 0.1) is 0 Å². The smallest absolute Gasteiger partial charge is 0.0409 e. The van der Waals surface area contributed by atoms with Gasteiger partial charge in [-0.25, -0.2) is 0 Å². The van der Waals surface area contributed by atoms with Crippen LogP contribution in [-0.4, -0.2) is 0 Å². The Morgan fingerprint density at radius 2 is 1.81 bits per heavy atom. The molecule has 1 aliphatic carbocycles. The van der Waals surface area contributed by atoms with E-state index in [9.17, 15) is 0 Å². The van der Waals surface area contributed by atoms with Crippen LogP contribution in [0.1, 0.15) is 71.4 Å². The van der Waals surface area contributed by atoms with Crippen molar-refractivity contribution in [1.29, 1.82) is 0 Å². The van der Waals surface area contributed by atoms with Crippen molar-refractivity contribution in [2.75, 3.05) is 0 Å². The molecule has 0 radical (unpaired) electrons. The molecule has 1 aromatic carbocycles. The molecule has 0 amide bonds. The molecule has 0 aliphatic heterocycles. The summed E-state index contributed by atoms with van der Waals surface area (Å²) in [6.45, 7) is 11.7. The maximum atomic E-state index is 6.79. The van der Waals surface area contributed by atoms with Gasteiger partial charge in [-0.05, 0) is 60.5 Å². The quantitative estimate of drug-likeness (QED) is 0.804. The molecule has 21 heavy (non-hydrogen) atoms. The van der Waals surface area contributed by atoms with Crippen molar-refractivity contribution in [3.05, 3.63) is 35.4 Å². The van der Waals surface area contributed by atoms with Crippen LogP contribution in [0, 0.1) is 17.3 Å². The second-order valence-electron chi connectivity index (χ2n) is 8.59. The Kier molecular flexibility index (Phi) is 4.82. The fraction of sp³-hybridized carbons (Fsp3) is 0.700. The summed E-state index contributed by atoms with van der Waals surface area (Å²) < 4.78 is 0. The highest BCUT2D eigenvalue weighted by atomic mass is 14.7. The number of benzene rings is 1. The summed E-state index contributed by atoms with van der Waals surface area (Å²) in [6.07, 6.45) is 5.91. The average molecular weight is 287 g/mol. The molecule has 1 nitrogen and oxygen atoms in total. The zero-order valence-corrected chi connectivity index (χ0v) is 14.6. The summed E-state index contributed by atoms with van der Waals surface area (Å²) >= 11 is 0. The van der Waals surface area contributed by atoms with E-state index in [-0.39, 0.29) is 5.54 Å². The highest BCUT2D eigenvalue weighted by molar-refractivity contribution is 5.30. The third kappa shape index (κ3) is 4.10. The van der Waals surface area contributed by atoms with Crippen molar-refractivity contribution < 1.29 is 0 Å². The van der Waals surface area contributed by atoms with Gasteiger partial charge in [0.25, 0.3) is 0 Å². The Morgan fingerprint density at radius 1 is 1.19 bits per heavy atom. The molecule has 1 aliphatic rings. The molecule has 118 valence electrons. The van der Waals surface area contributed by atoms with E-state index >= 15 is 0 Å². The highest BCUT2D eigenvalue weighted by Gasteiger charge is 2.37. The van der Waals surface area contributed by atoms with Gasteiger partial charge in [0.2, 0.25) is 0 Å². The van der Waals surface area contributed by atoms with Crippen molar-refractivity contribution in [3.63, 3.8) is 0 Å². The highest BCUT2D eigenvalue weighted by Crippen LogP contribution is 2.44. The molecule has 0 bridgehead atoms. The van der Waals surface area contributed by atoms with Crippen LogP contribution in [0.2, 0.25) is 0 Å². The van der Waals surface area contributed by atoms with E-state index in [1.54, 1.807) is 0 Å². The zero-order chi connectivity index (χ0) is 15.7. The summed E-state index contributed by atoms with van der Waals surface area (Å²) in [5.41, 5.74) is 9.89. The van der Waals surface area contributed by atoms with Gasteiger partial charge in [0, 0.05) is 5.54 Å². The Balaban J connectivity index is 2.11. The molecule has 2 rings (SSSR count). The van der Waals surface area contributed by atoms with Gasteiger partial charge < -0.3 is 5.73 Å². The molecule has 0 saturated heterocycles. The Bertz CT molecular complexity index is 459. The molecule has 0 atom stereocenters. The van der Waals surface area contributed by atoms with E-state index in [1.165, 1.54) is 24.0 Å². The van der Waals surface area contributed by atoms with Crippen molar-refractivity contribution in [3.8, 4) is 0 Å². The first-order valence-electron chi connectivity index (χ1n) is 8.59. The lowest BCUT2D eigenvalue weighted by Gasteiger charge is -2.42. The molecule has 0 spiro atoms. The van der Waals surface area contributed by atoms with E-state index < -0.39 is 0 Å². The summed E-state index contributed by atoms with van der Waals surface area (Å²) in [6, 6.07) is 9.03. The number of rotatable bonds is 3. The summed E-state index contributed by atoms with van der Waals surface area (Å²) in [5, 5.41) is 0. The molecule has 1 aromatic rings. The van der Waals surface area contributed by atoms with E-state index in [0.29, 0.717) is 11.3 Å². The molecule has 1 saturated carbocycles. The van der Waals surface area contributed by atoms with Crippen molar-refractivity contribution in [1.82, 2.24) is 0 Å². The largest absolute Gasteiger partial charge is 0.321 e. The van der Waals surface area contributed by atoms with E-state index in [2.05, 4.69) is 58.9 Å². The Hall–Kier alpha value is -0.820. The van der Waals surface area contributed by atoms with Crippen LogP contribution in [0.3, 0.4) is 0 Å². The minimum atomic E-state index is -0.102. The van der Waals surface area contributed by atoms with Crippen LogP contribution in [0.15, 0.2) is 24.3 Å². The zero-order valence-electron chi connectivity index (χ0n) is 14.6. The maximum Gasteiger partial charge on any atom is 0.0409 e. The maximum absolute atomic E-state index is 6.79. The first-order valence-corrected chi connectivity index (χ1v) is 8.59. The fourth-order valence-corrected chi connectivity index (χ4v) is 3.77. The molecule has 2 N–H and O–H groups in total. The average Bonchev–Trinajstić information content (AvgIpc) is 2.37. The molecular weight excluding hydrogens is 254 g/mol. The lowest BCUT2D eigenvalue weighted by atomic mass is 9.66. The molecule has 0 aromatic heterocycles. The fourth-order valence-electron chi connectivity index (χ4n) is 3.77. The molecule has 0 unspecified atom stereocenters. The lowest BCUT2D eigenvalue weighted by molar-refractivity contribution is 0.134. The lowest BCUT2D eigenvalue weighted by Crippen LogP contribution is -2.42. The van der Waals surface area contributed by atoms with Crippen LogP contribution < -0.4 is 5.73 Å². The molecular formula is C20H33N. The second-order valence-corrected chi connectivity index (χ2v) is 8.59. The number of hydrogen-bond donors (Lipinski definition) is 1. The van der Waals surface area contributed by atoms with Crippen LogP contribution in [-0.2, 0) is 12.0 Å². The van der Waals surface area contributed by atoms with Crippen molar-refractivity contribution >= 4 is 0 Å². The third-order valence-electron chi connectivity index (χ3n) is 5.25. The second kappa shape index (κ2) is 6.12. The standard InChI is InChI=1S/C20H33N/c1-15(2)13-16-7-6-8-18(14-16)20(21)11-9-17(10-12-20)19(3,4)5/h6-8,14-15,17H,9-13,21H2,1-5H3. The van der Waals surface area contributed by atoms with Gasteiger partial charge in [0.15, 0.2) is 0 Å². The minimum Gasteiger partial charge on any atom is -0.321 e. The Labute approximate surface area is 131 Å². The van der Waals surface area contributed by atoms with Gasteiger partial charge in [0.1, 0.15) is 0 Å². The van der Waals surface area contributed by atoms with Gasteiger partial charge in [-0.2, -0.15) is 0 Å². The van der Waals surface area contributed by atoms with E-state index in [0.717, 1.165) is 25.2 Å². The molecule has 1 fully saturated rings. The topological polar surface area (TPSA) is 26.0 Å². The third-order valence-corrected chi connectivity index (χ3v) is 5.25. The van der Waals surface area contributed by atoms with Crippen LogP contribution in [0.4, 0.5) is 0 Å². The Morgan fingerprint density at radius 3 is 2.33 bits per heavy atom. The van der Waals surface area contributed by atoms with E-state index in [4.69, 9.17) is 5.73 Å².